The van der Waals surface area contributed by atoms with Crippen LogP contribution in [0.3, 0.4) is 0 Å². The van der Waals surface area contributed by atoms with E-state index in [4.69, 9.17) is 4.74 Å². The number of nitrogens with zero attached hydrogens (tertiary/aromatic N) is 1. The lowest BCUT2D eigenvalue weighted by atomic mass is 10.1. The highest BCUT2D eigenvalue weighted by Gasteiger charge is 2.34. The van der Waals surface area contributed by atoms with Crippen LogP contribution in [0.1, 0.15) is 24.3 Å². The first kappa shape index (κ1) is 18.2. The molecule has 7 nitrogen and oxygen atoms in total. The first-order chi connectivity index (χ1) is 13.1. The van der Waals surface area contributed by atoms with E-state index >= 15 is 0 Å². The van der Waals surface area contributed by atoms with Gasteiger partial charge in [0.1, 0.15) is 5.76 Å². The summed E-state index contributed by atoms with van der Waals surface area (Å²) in [6, 6.07) is 18.1. The molecule has 1 aliphatic rings. The maximum atomic E-state index is 12.7. The fourth-order valence-electron chi connectivity index (χ4n) is 2.56. The van der Waals surface area contributed by atoms with E-state index in [0.29, 0.717) is 11.3 Å². The molecule has 0 aliphatic carbocycles. The molecule has 1 aliphatic heterocycles. The molecule has 3 rings (SSSR count). The lowest BCUT2D eigenvalue weighted by Crippen LogP contribution is -2.52. The van der Waals surface area contributed by atoms with Crippen LogP contribution in [-0.2, 0) is 23.9 Å². The molecule has 0 unspecified atom stereocenters. The number of carbonyl (C=O) groups excluding carboxylic acids is 3. The molecule has 27 heavy (non-hydrogen) atoms. The fraction of sp³-hybridized carbons (Fsp3) is 0.150. The second kappa shape index (κ2) is 8.18. The van der Waals surface area contributed by atoms with Crippen molar-refractivity contribution < 1.29 is 23.9 Å². The van der Waals surface area contributed by atoms with E-state index in [9.17, 15) is 14.4 Å². The molecule has 2 amide bonds. The predicted molar refractivity (Wildman–Crippen MR) is 96.3 cm³/mol. The summed E-state index contributed by atoms with van der Waals surface area (Å²) in [6.45, 7) is 1.64. The third kappa shape index (κ3) is 4.14. The van der Waals surface area contributed by atoms with Crippen LogP contribution in [0.25, 0.3) is 5.76 Å². The zero-order valence-corrected chi connectivity index (χ0v) is 14.6. The van der Waals surface area contributed by atoms with Crippen molar-refractivity contribution in [3.05, 3.63) is 77.9 Å². The average molecular weight is 366 g/mol. The van der Waals surface area contributed by atoms with Crippen molar-refractivity contribution in [2.75, 3.05) is 6.61 Å². The van der Waals surface area contributed by atoms with Crippen LogP contribution < -0.4 is 5.43 Å². The van der Waals surface area contributed by atoms with Crippen molar-refractivity contribution in [3.8, 4) is 0 Å². The minimum Gasteiger partial charge on any atom is -0.464 e. The van der Waals surface area contributed by atoms with E-state index in [-0.39, 0.29) is 6.61 Å². The fourth-order valence-corrected chi connectivity index (χ4v) is 2.56. The van der Waals surface area contributed by atoms with Gasteiger partial charge in [-0.05, 0) is 6.92 Å². The summed E-state index contributed by atoms with van der Waals surface area (Å²) in [5, 5.41) is 0.973. The number of ether oxygens (including phenoxy) is 2. The zero-order valence-electron chi connectivity index (χ0n) is 14.6. The van der Waals surface area contributed by atoms with E-state index in [1.54, 1.807) is 31.2 Å². The van der Waals surface area contributed by atoms with E-state index in [0.717, 1.165) is 10.6 Å². The van der Waals surface area contributed by atoms with Crippen LogP contribution in [0.5, 0.6) is 0 Å². The SMILES string of the molecule is CCOC(=O)C(=O)NN1C(=O)C=C(c2ccccc2)O[C@H]1c1ccccc1. The van der Waals surface area contributed by atoms with Crippen LogP contribution in [0.2, 0.25) is 0 Å². The van der Waals surface area contributed by atoms with Gasteiger partial charge in [-0.25, -0.2) is 9.80 Å². The van der Waals surface area contributed by atoms with Crippen molar-refractivity contribution in [2.24, 2.45) is 0 Å². The Kier molecular flexibility index (Phi) is 5.51. The Balaban J connectivity index is 1.92. The predicted octanol–water partition coefficient (Wildman–Crippen LogP) is 2.18. The van der Waals surface area contributed by atoms with Gasteiger partial charge < -0.3 is 9.47 Å². The number of hydrogen-bond donors (Lipinski definition) is 1. The minimum atomic E-state index is -1.07. The van der Waals surface area contributed by atoms with Crippen LogP contribution in [0.15, 0.2) is 66.7 Å². The molecule has 138 valence electrons. The normalized spacial score (nSPS) is 16.2. The minimum absolute atomic E-state index is 0.0525. The lowest BCUT2D eigenvalue weighted by Gasteiger charge is -2.35. The van der Waals surface area contributed by atoms with E-state index in [1.807, 2.05) is 36.4 Å². The number of hydrazine groups is 1. The Hall–Kier alpha value is -3.61. The Bertz CT molecular complexity index is 864. The highest BCUT2D eigenvalue weighted by atomic mass is 16.5. The van der Waals surface area contributed by atoms with Crippen molar-refractivity contribution >= 4 is 23.5 Å². The van der Waals surface area contributed by atoms with E-state index in [1.165, 1.54) is 6.08 Å². The summed E-state index contributed by atoms with van der Waals surface area (Å²) in [5.41, 5.74) is 3.64. The van der Waals surface area contributed by atoms with Gasteiger partial charge in [-0.2, -0.15) is 0 Å². The number of rotatable bonds is 4. The maximum Gasteiger partial charge on any atom is 0.398 e. The lowest BCUT2D eigenvalue weighted by molar-refractivity contribution is -0.163. The smallest absolute Gasteiger partial charge is 0.398 e. The summed E-state index contributed by atoms with van der Waals surface area (Å²) < 4.78 is 10.6. The molecule has 2 aromatic carbocycles. The first-order valence-electron chi connectivity index (χ1n) is 8.39. The Morgan fingerprint density at radius 3 is 2.33 bits per heavy atom. The summed E-state index contributed by atoms with van der Waals surface area (Å²) in [5.74, 6) is -2.27. The highest BCUT2D eigenvalue weighted by molar-refractivity contribution is 6.32. The molecule has 7 heteroatoms. The topological polar surface area (TPSA) is 84.9 Å². The van der Waals surface area contributed by atoms with E-state index in [2.05, 4.69) is 10.2 Å². The second-order valence-electron chi connectivity index (χ2n) is 5.63. The molecule has 0 saturated carbocycles. The number of esters is 1. The maximum absolute atomic E-state index is 12.7. The quantitative estimate of drug-likeness (QED) is 0.662. The molecular formula is C20H18N2O5. The number of benzene rings is 2. The molecule has 1 heterocycles. The number of nitrogens with one attached hydrogen (secondary N) is 1. The van der Waals surface area contributed by atoms with Crippen molar-refractivity contribution in [1.82, 2.24) is 10.4 Å². The third-order valence-electron chi connectivity index (χ3n) is 3.79. The zero-order chi connectivity index (χ0) is 19.2. The van der Waals surface area contributed by atoms with E-state index < -0.39 is 24.0 Å². The van der Waals surface area contributed by atoms with Crippen LogP contribution in [-0.4, -0.2) is 29.4 Å². The molecule has 2 aromatic rings. The van der Waals surface area contributed by atoms with Crippen molar-refractivity contribution in [3.63, 3.8) is 0 Å². The molecule has 0 saturated heterocycles. The Morgan fingerprint density at radius 1 is 1.07 bits per heavy atom. The van der Waals surface area contributed by atoms with Crippen molar-refractivity contribution in [2.45, 2.75) is 13.2 Å². The molecule has 0 spiro atoms. The van der Waals surface area contributed by atoms with Gasteiger partial charge >= 0.3 is 11.9 Å². The monoisotopic (exact) mass is 366 g/mol. The second-order valence-corrected chi connectivity index (χ2v) is 5.63. The van der Waals surface area contributed by atoms with Gasteiger partial charge in [0.25, 0.3) is 5.91 Å². The summed E-state index contributed by atoms with van der Waals surface area (Å²) in [7, 11) is 0. The number of hydrogen-bond acceptors (Lipinski definition) is 5. The number of carbonyl (C=O) groups is 3. The molecule has 0 bridgehead atoms. The van der Waals surface area contributed by atoms with Crippen LogP contribution in [0, 0.1) is 0 Å². The molecule has 1 N–H and O–H groups in total. The van der Waals surface area contributed by atoms with Gasteiger partial charge in [-0.1, -0.05) is 60.7 Å². The van der Waals surface area contributed by atoms with Crippen LogP contribution >= 0.6 is 0 Å². The standard InChI is InChI=1S/C20H18N2O5/c1-2-26-20(25)18(24)21-22-17(23)13-16(14-9-5-3-6-10-14)27-19(22)15-11-7-4-8-12-15/h3-13,19H,2H2,1H3,(H,21,24)/t19-/m0/s1. The molecular weight excluding hydrogens is 348 g/mol. The summed E-state index contributed by atoms with van der Waals surface area (Å²) >= 11 is 0. The summed E-state index contributed by atoms with van der Waals surface area (Å²) in [4.78, 5) is 36.3. The van der Waals surface area contributed by atoms with Gasteiger partial charge in [0.05, 0.1) is 6.61 Å². The molecule has 0 aromatic heterocycles. The van der Waals surface area contributed by atoms with Gasteiger partial charge in [-0.15, -0.1) is 0 Å². The van der Waals surface area contributed by atoms with Gasteiger partial charge in [0.2, 0.25) is 6.23 Å². The highest BCUT2D eigenvalue weighted by Crippen LogP contribution is 2.32. The first-order valence-corrected chi connectivity index (χ1v) is 8.39. The average Bonchev–Trinajstić information content (AvgIpc) is 2.70. The molecule has 0 radical (unpaired) electrons. The molecule has 0 fully saturated rings. The largest absolute Gasteiger partial charge is 0.464 e. The third-order valence-corrected chi connectivity index (χ3v) is 3.79. The van der Waals surface area contributed by atoms with Crippen LogP contribution in [0.4, 0.5) is 0 Å². The number of amides is 2. The Morgan fingerprint density at radius 2 is 1.70 bits per heavy atom. The Labute approximate surface area is 156 Å². The van der Waals surface area contributed by atoms with Crippen molar-refractivity contribution in [1.29, 1.82) is 0 Å². The summed E-state index contributed by atoms with van der Waals surface area (Å²) in [6.07, 6.45) is 0.331. The molecule has 1 atom stereocenters. The van der Waals surface area contributed by atoms with Gasteiger partial charge in [0, 0.05) is 17.2 Å². The van der Waals surface area contributed by atoms with Gasteiger partial charge in [0.15, 0.2) is 0 Å². The van der Waals surface area contributed by atoms with Gasteiger partial charge in [-0.3, -0.25) is 15.0 Å².